The summed E-state index contributed by atoms with van der Waals surface area (Å²) in [6.07, 6.45) is 1.33. The lowest BCUT2D eigenvalue weighted by Gasteiger charge is -2.06. The number of aryl methyl sites for hydroxylation is 1. The van der Waals surface area contributed by atoms with Gasteiger partial charge >= 0.3 is 0 Å². The van der Waals surface area contributed by atoms with Gasteiger partial charge in [-0.25, -0.2) is 4.98 Å². The van der Waals surface area contributed by atoms with Crippen LogP contribution in [0.3, 0.4) is 0 Å². The molecular weight excluding hydrogens is 334 g/mol. The van der Waals surface area contributed by atoms with Gasteiger partial charge < -0.3 is 10.3 Å². The second-order valence-corrected chi connectivity index (χ2v) is 6.16. The molecule has 0 spiro atoms. The Balaban J connectivity index is 1.76. The van der Waals surface area contributed by atoms with E-state index in [0.717, 1.165) is 16.3 Å². The number of thiazole rings is 1. The standard InChI is InChI=1S/C16H12ClN3O2S/c1-9-8-23-16(19-9)10-2-4-12(5-3-10)20-14(21)11-6-13(17)15(22)18-7-11/h2-8H,1H3,(H,18,22)(H,20,21). The Morgan fingerprint density at radius 1 is 1.30 bits per heavy atom. The summed E-state index contributed by atoms with van der Waals surface area (Å²) in [6.45, 7) is 1.95. The van der Waals surface area contributed by atoms with E-state index in [9.17, 15) is 9.59 Å². The lowest BCUT2D eigenvalue weighted by atomic mass is 10.2. The van der Waals surface area contributed by atoms with Crippen molar-refractivity contribution in [3.63, 3.8) is 0 Å². The summed E-state index contributed by atoms with van der Waals surface area (Å²) in [4.78, 5) is 30.2. The average Bonchev–Trinajstić information content (AvgIpc) is 2.97. The lowest BCUT2D eigenvalue weighted by molar-refractivity contribution is 0.102. The molecule has 7 heteroatoms. The molecule has 0 bridgehead atoms. The second-order valence-electron chi connectivity index (χ2n) is 4.89. The zero-order chi connectivity index (χ0) is 16.4. The molecule has 0 aliphatic heterocycles. The Kier molecular flexibility index (Phi) is 4.27. The molecule has 0 unspecified atom stereocenters. The first-order valence-corrected chi connectivity index (χ1v) is 8.01. The highest BCUT2D eigenvalue weighted by atomic mass is 35.5. The summed E-state index contributed by atoms with van der Waals surface area (Å²) in [7, 11) is 0. The quantitative estimate of drug-likeness (QED) is 0.759. The van der Waals surface area contributed by atoms with Crippen LogP contribution in [0.25, 0.3) is 10.6 Å². The molecule has 2 N–H and O–H groups in total. The third kappa shape index (κ3) is 3.49. The molecule has 2 aromatic heterocycles. The van der Waals surface area contributed by atoms with Crippen molar-refractivity contribution in [2.45, 2.75) is 6.92 Å². The number of rotatable bonds is 3. The van der Waals surface area contributed by atoms with Crippen molar-refractivity contribution in [1.29, 1.82) is 0 Å². The van der Waals surface area contributed by atoms with Crippen LogP contribution in [0.1, 0.15) is 16.1 Å². The molecule has 23 heavy (non-hydrogen) atoms. The molecule has 1 amide bonds. The Hall–Kier alpha value is -2.44. The molecule has 2 heterocycles. The summed E-state index contributed by atoms with van der Waals surface area (Å²) in [6, 6.07) is 8.73. The van der Waals surface area contributed by atoms with Crippen LogP contribution in [0.2, 0.25) is 5.02 Å². The van der Waals surface area contributed by atoms with E-state index in [1.54, 1.807) is 23.5 Å². The van der Waals surface area contributed by atoms with Crippen LogP contribution in [0.15, 0.2) is 46.7 Å². The van der Waals surface area contributed by atoms with Gasteiger partial charge in [0, 0.05) is 28.5 Å². The van der Waals surface area contributed by atoms with Crippen LogP contribution in [0, 0.1) is 6.92 Å². The maximum absolute atomic E-state index is 12.1. The van der Waals surface area contributed by atoms with Gasteiger partial charge in [-0.1, -0.05) is 11.6 Å². The highest BCUT2D eigenvalue weighted by molar-refractivity contribution is 7.13. The Labute approximate surface area is 141 Å². The number of hydrogen-bond donors (Lipinski definition) is 2. The van der Waals surface area contributed by atoms with Crippen LogP contribution >= 0.6 is 22.9 Å². The van der Waals surface area contributed by atoms with E-state index in [4.69, 9.17) is 11.6 Å². The van der Waals surface area contributed by atoms with Crippen molar-refractivity contribution in [3.05, 3.63) is 68.5 Å². The van der Waals surface area contributed by atoms with Crippen molar-refractivity contribution < 1.29 is 4.79 Å². The average molecular weight is 346 g/mol. The number of amides is 1. The van der Waals surface area contributed by atoms with E-state index >= 15 is 0 Å². The molecule has 116 valence electrons. The number of nitrogens with zero attached hydrogens (tertiary/aromatic N) is 1. The molecular formula is C16H12ClN3O2S. The summed E-state index contributed by atoms with van der Waals surface area (Å²) < 4.78 is 0. The first kappa shape index (κ1) is 15.5. The molecule has 0 saturated carbocycles. The summed E-state index contributed by atoms with van der Waals surface area (Å²) in [5.74, 6) is -0.346. The first-order chi connectivity index (χ1) is 11.0. The summed E-state index contributed by atoms with van der Waals surface area (Å²) >= 11 is 7.30. The molecule has 5 nitrogen and oxygen atoms in total. The number of hydrogen-bond acceptors (Lipinski definition) is 4. The molecule has 0 atom stereocenters. The summed E-state index contributed by atoms with van der Waals surface area (Å²) in [5, 5.41) is 5.66. The first-order valence-electron chi connectivity index (χ1n) is 6.75. The monoisotopic (exact) mass is 345 g/mol. The van der Waals surface area contributed by atoms with E-state index in [0.29, 0.717) is 5.69 Å². The fourth-order valence-corrected chi connectivity index (χ4v) is 2.95. The normalized spacial score (nSPS) is 10.5. The van der Waals surface area contributed by atoms with Crippen molar-refractivity contribution in [3.8, 4) is 10.6 Å². The molecule has 0 fully saturated rings. The SMILES string of the molecule is Cc1csc(-c2ccc(NC(=O)c3c[nH]c(=O)c(Cl)c3)cc2)n1. The topological polar surface area (TPSA) is 74.8 Å². The molecule has 0 saturated heterocycles. The van der Waals surface area contributed by atoms with Crippen LogP contribution in [0.5, 0.6) is 0 Å². The number of benzene rings is 1. The van der Waals surface area contributed by atoms with Gasteiger partial charge in [0.25, 0.3) is 11.5 Å². The number of H-pyrrole nitrogens is 1. The van der Waals surface area contributed by atoms with Gasteiger partial charge in [-0.3, -0.25) is 9.59 Å². The third-order valence-corrected chi connectivity index (χ3v) is 4.42. The van der Waals surface area contributed by atoms with Crippen LogP contribution in [-0.4, -0.2) is 15.9 Å². The van der Waals surface area contributed by atoms with Gasteiger partial charge in [0.1, 0.15) is 10.0 Å². The molecule has 0 aliphatic rings. The molecule has 0 aliphatic carbocycles. The number of carbonyl (C=O) groups is 1. The molecule has 1 aromatic carbocycles. The zero-order valence-electron chi connectivity index (χ0n) is 12.1. The largest absolute Gasteiger partial charge is 0.327 e. The highest BCUT2D eigenvalue weighted by Gasteiger charge is 2.09. The van der Waals surface area contributed by atoms with Gasteiger partial charge in [-0.15, -0.1) is 11.3 Å². The van der Waals surface area contributed by atoms with Gasteiger partial charge in [-0.05, 0) is 37.3 Å². The fourth-order valence-electron chi connectivity index (χ4n) is 1.97. The smallest absolute Gasteiger partial charge is 0.266 e. The second kappa shape index (κ2) is 6.36. The molecule has 3 rings (SSSR count). The Morgan fingerprint density at radius 3 is 2.65 bits per heavy atom. The van der Waals surface area contributed by atoms with E-state index in [2.05, 4.69) is 15.3 Å². The van der Waals surface area contributed by atoms with E-state index in [1.807, 2.05) is 24.4 Å². The number of carbonyl (C=O) groups excluding carboxylic acids is 1. The van der Waals surface area contributed by atoms with Crippen molar-refractivity contribution in [2.75, 3.05) is 5.32 Å². The summed E-state index contributed by atoms with van der Waals surface area (Å²) in [5.41, 5.74) is 2.49. The van der Waals surface area contributed by atoms with Crippen molar-refractivity contribution in [1.82, 2.24) is 9.97 Å². The predicted octanol–water partition coefficient (Wildman–Crippen LogP) is 3.71. The minimum absolute atomic E-state index is 0.0212. The number of nitrogens with one attached hydrogen (secondary N) is 2. The van der Waals surface area contributed by atoms with Crippen LogP contribution in [0.4, 0.5) is 5.69 Å². The number of pyridine rings is 1. The Bertz CT molecular complexity index is 916. The van der Waals surface area contributed by atoms with E-state index in [1.165, 1.54) is 12.3 Å². The number of aromatic amines is 1. The van der Waals surface area contributed by atoms with E-state index < -0.39 is 5.56 Å². The van der Waals surface area contributed by atoms with Gasteiger partial charge in [0.2, 0.25) is 0 Å². The minimum Gasteiger partial charge on any atom is -0.327 e. The minimum atomic E-state index is -0.425. The van der Waals surface area contributed by atoms with E-state index in [-0.39, 0.29) is 16.5 Å². The Morgan fingerprint density at radius 2 is 2.04 bits per heavy atom. The molecule has 0 radical (unpaired) electrons. The maximum atomic E-state index is 12.1. The van der Waals surface area contributed by atoms with Gasteiger partial charge in [0.05, 0.1) is 5.56 Å². The number of anilines is 1. The van der Waals surface area contributed by atoms with Crippen LogP contribution < -0.4 is 10.9 Å². The lowest BCUT2D eigenvalue weighted by Crippen LogP contribution is -2.15. The maximum Gasteiger partial charge on any atom is 0.266 e. The number of halogens is 1. The van der Waals surface area contributed by atoms with Crippen molar-refractivity contribution in [2.24, 2.45) is 0 Å². The zero-order valence-corrected chi connectivity index (χ0v) is 13.7. The fraction of sp³-hybridized carbons (Fsp3) is 0.0625. The molecule has 3 aromatic rings. The highest BCUT2D eigenvalue weighted by Crippen LogP contribution is 2.25. The number of aromatic nitrogens is 2. The van der Waals surface area contributed by atoms with Gasteiger partial charge in [-0.2, -0.15) is 0 Å². The predicted molar refractivity (Wildman–Crippen MR) is 92.3 cm³/mol. The van der Waals surface area contributed by atoms with Crippen LogP contribution in [-0.2, 0) is 0 Å². The van der Waals surface area contributed by atoms with Gasteiger partial charge in [0.15, 0.2) is 0 Å². The third-order valence-electron chi connectivity index (χ3n) is 3.13. The van der Waals surface area contributed by atoms with Crippen molar-refractivity contribution >= 4 is 34.5 Å².